The Balaban J connectivity index is 2.00. The average molecular weight is 268 g/mol. The number of nitrogens with zero attached hydrogens (tertiary/aromatic N) is 3. The summed E-state index contributed by atoms with van der Waals surface area (Å²) in [5.41, 5.74) is -0.681. The first-order valence-corrected chi connectivity index (χ1v) is 5.91. The smallest absolute Gasteiger partial charge is 0.141 e. The molecule has 3 nitrogen and oxygen atoms in total. The Morgan fingerprint density at radius 1 is 1.53 bits per heavy atom. The Labute approximate surface area is 117 Å². The van der Waals surface area contributed by atoms with Crippen molar-refractivity contribution in [2.24, 2.45) is 5.41 Å². The highest BCUT2D eigenvalue weighted by Crippen LogP contribution is 2.33. The van der Waals surface area contributed by atoms with Gasteiger partial charge in [0.1, 0.15) is 11.5 Å². The summed E-state index contributed by atoms with van der Waals surface area (Å²) < 4.78 is 66.1. The predicted octanol–water partition coefficient (Wildman–Crippen LogP) is 3.01. The zero-order valence-corrected chi connectivity index (χ0v) is 10.0. The van der Waals surface area contributed by atoms with Crippen LogP contribution < -0.4 is 0 Å². The minimum Gasteiger partial charge on any atom is -0.268 e. The third-order valence-electron chi connectivity index (χ3n) is 3.26. The number of alkyl halides is 1. The lowest BCUT2D eigenvalue weighted by Gasteiger charge is -2.31. The number of aryl methyl sites for hydroxylation is 1. The quantitative estimate of drug-likeness (QED) is 0.838. The van der Waals surface area contributed by atoms with Gasteiger partial charge in [0.05, 0.1) is 21.3 Å². The molecule has 5 heteroatoms. The fourth-order valence-corrected chi connectivity index (χ4v) is 2.20. The second-order valence-electron chi connectivity index (χ2n) is 4.72. The normalized spacial score (nSPS) is 27.6. The average Bonchev–Trinajstić information content (AvgIpc) is 2.88. The van der Waals surface area contributed by atoms with Gasteiger partial charge >= 0.3 is 0 Å². The van der Waals surface area contributed by atoms with E-state index in [1.807, 2.05) is 0 Å². The predicted molar refractivity (Wildman–Crippen MR) is 67.8 cm³/mol. The molecule has 3 heterocycles. The van der Waals surface area contributed by atoms with Crippen LogP contribution in [0.3, 0.4) is 0 Å². The number of rotatable bonds is 2. The number of fused-ring (bicyclic) bond motifs is 1. The molecule has 0 aromatic carbocycles. The van der Waals surface area contributed by atoms with Gasteiger partial charge in [0.2, 0.25) is 0 Å². The molecule has 0 saturated carbocycles. The van der Waals surface area contributed by atoms with Crippen molar-refractivity contribution in [2.45, 2.75) is 26.2 Å². The monoisotopic (exact) mass is 268 g/mol. The van der Waals surface area contributed by atoms with E-state index in [0.29, 0.717) is 17.1 Å². The topological polar surface area (TPSA) is 30.7 Å². The van der Waals surface area contributed by atoms with Gasteiger partial charge in [-0.25, -0.2) is 4.39 Å². The summed E-state index contributed by atoms with van der Waals surface area (Å²) in [6.45, 7) is -6.59. The van der Waals surface area contributed by atoms with Gasteiger partial charge in [-0.05, 0) is 31.0 Å². The third-order valence-corrected chi connectivity index (χ3v) is 3.26. The molecule has 1 unspecified atom stereocenters. The van der Waals surface area contributed by atoms with Crippen LogP contribution in [0.25, 0.3) is 11.4 Å². The molecule has 3 rings (SSSR count). The maximum atomic E-state index is 14.2. The molecule has 19 heavy (non-hydrogen) atoms. The minimum atomic E-state index is -3.38. The highest BCUT2D eigenvalue weighted by atomic mass is 19.1. The number of pyridine rings is 1. The maximum absolute atomic E-state index is 14.2. The van der Waals surface area contributed by atoms with Crippen LogP contribution in [0.5, 0.6) is 0 Å². The SMILES string of the molecule is [2H]C([2H])([2H])C1(C([2H])([2H])F)CCc2cc(-c3ccc(F)cn3)nn2C1. The van der Waals surface area contributed by atoms with E-state index in [2.05, 4.69) is 10.1 Å². The van der Waals surface area contributed by atoms with E-state index >= 15 is 0 Å². The lowest BCUT2D eigenvalue weighted by molar-refractivity contribution is 0.155. The zero-order chi connectivity index (χ0) is 17.8. The molecule has 0 radical (unpaired) electrons. The largest absolute Gasteiger partial charge is 0.268 e. The Morgan fingerprint density at radius 2 is 2.42 bits per heavy atom. The van der Waals surface area contributed by atoms with Crippen molar-refractivity contribution in [2.75, 3.05) is 6.63 Å². The maximum Gasteiger partial charge on any atom is 0.141 e. The number of aromatic nitrogens is 3. The van der Waals surface area contributed by atoms with Crippen molar-refractivity contribution in [3.8, 4) is 11.4 Å². The van der Waals surface area contributed by atoms with E-state index in [1.165, 1.54) is 16.8 Å². The van der Waals surface area contributed by atoms with Crippen molar-refractivity contribution in [3.63, 3.8) is 0 Å². The van der Waals surface area contributed by atoms with Crippen LogP contribution >= 0.6 is 0 Å². The van der Waals surface area contributed by atoms with Gasteiger partial charge in [0.15, 0.2) is 0 Å². The molecule has 0 fully saturated rings. The summed E-state index contributed by atoms with van der Waals surface area (Å²) in [6, 6.07) is 4.35. The molecule has 0 spiro atoms. The Bertz CT molecular complexity index is 735. The van der Waals surface area contributed by atoms with Crippen LogP contribution in [0.1, 0.15) is 25.8 Å². The summed E-state index contributed by atoms with van der Waals surface area (Å²) in [4.78, 5) is 3.92. The lowest BCUT2D eigenvalue weighted by Crippen LogP contribution is -2.32. The molecule has 0 amide bonds. The highest BCUT2D eigenvalue weighted by Gasteiger charge is 2.31. The first-order chi connectivity index (χ1) is 11.0. The molecule has 2 aromatic rings. The standard InChI is InChI=1S/C14H15F2N3/c1-14(8-15)5-4-11-6-13(18-19(11)9-14)12-3-2-10(16)7-17-12/h2-3,6-7H,4-5,8-9H2,1H3/i1D3,8D2. The van der Waals surface area contributed by atoms with Crippen molar-refractivity contribution in [1.29, 1.82) is 0 Å². The van der Waals surface area contributed by atoms with Crippen LogP contribution in [0.15, 0.2) is 24.4 Å². The second-order valence-corrected chi connectivity index (χ2v) is 4.72. The molecule has 0 saturated heterocycles. The molecule has 2 aromatic heterocycles. The summed E-state index contributed by atoms with van der Waals surface area (Å²) in [5.74, 6) is -0.491. The minimum absolute atomic E-state index is 0.158. The molecule has 1 aliphatic rings. The number of hydrogen-bond acceptors (Lipinski definition) is 2. The molecule has 0 bridgehead atoms. The van der Waals surface area contributed by atoms with E-state index in [0.717, 1.165) is 6.20 Å². The van der Waals surface area contributed by atoms with Gasteiger partial charge in [0.25, 0.3) is 0 Å². The highest BCUT2D eigenvalue weighted by molar-refractivity contribution is 5.54. The molecule has 100 valence electrons. The molecule has 0 aliphatic carbocycles. The number of halogens is 2. The number of hydrogen-bond donors (Lipinski definition) is 0. The van der Waals surface area contributed by atoms with E-state index in [-0.39, 0.29) is 12.8 Å². The van der Waals surface area contributed by atoms with Crippen LogP contribution in [0.4, 0.5) is 8.78 Å². The van der Waals surface area contributed by atoms with Crippen LogP contribution in [-0.2, 0) is 13.0 Å². The van der Waals surface area contributed by atoms with Gasteiger partial charge in [-0.15, -0.1) is 0 Å². The van der Waals surface area contributed by atoms with E-state index < -0.39 is 31.3 Å². The van der Waals surface area contributed by atoms with Gasteiger partial charge in [-0.3, -0.25) is 14.1 Å². The fraction of sp³-hybridized carbons (Fsp3) is 0.429. The first-order valence-electron chi connectivity index (χ1n) is 8.41. The second kappa shape index (κ2) is 4.40. The van der Waals surface area contributed by atoms with E-state index in [9.17, 15) is 8.78 Å². The molecule has 1 atom stereocenters. The summed E-state index contributed by atoms with van der Waals surface area (Å²) in [6.07, 6.45) is 1.06. The molecular weight excluding hydrogens is 248 g/mol. The van der Waals surface area contributed by atoms with E-state index in [1.54, 1.807) is 6.07 Å². The summed E-state index contributed by atoms with van der Waals surface area (Å²) >= 11 is 0. The van der Waals surface area contributed by atoms with Crippen LogP contribution in [0.2, 0.25) is 0 Å². The summed E-state index contributed by atoms with van der Waals surface area (Å²) in [5, 5.41) is 4.22. The van der Waals surface area contributed by atoms with Crippen molar-refractivity contribution in [3.05, 3.63) is 35.9 Å². The van der Waals surface area contributed by atoms with Crippen LogP contribution in [-0.4, -0.2) is 21.4 Å². The molecular formula is C14H15F2N3. The third kappa shape index (κ3) is 2.25. The Hall–Kier alpha value is -1.78. The van der Waals surface area contributed by atoms with Crippen LogP contribution in [0, 0.1) is 11.2 Å². The fourth-order valence-electron chi connectivity index (χ4n) is 2.20. The molecule has 0 N–H and O–H groups in total. The van der Waals surface area contributed by atoms with Crippen molar-refractivity contribution in [1.82, 2.24) is 14.8 Å². The molecule has 1 aliphatic heterocycles. The van der Waals surface area contributed by atoms with Gasteiger partial charge < -0.3 is 0 Å². The van der Waals surface area contributed by atoms with Gasteiger partial charge in [-0.1, -0.05) is 6.85 Å². The Kier molecular flexibility index (Phi) is 1.79. The van der Waals surface area contributed by atoms with Crippen molar-refractivity contribution < 1.29 is 15.6 Å². The zero-order valence-electron chi connectivity index (χ0n) is 15.0. The Morgan fingerprint density at radius 3 is 3.11 bits per heavy atom. The van der Waals surface area contributed by atoms with Gasteiger partial charge in [-0.2, -0.15) is 5.10 Å². The van der Waals surface area contributed by atoms with E-state index in [4.69, 9.17) is 6.85 Å². The first kappa shape index (κ1) is 7.72. The van der Waals surface area contributed by atoms with Gasteiger partial charge in [0, 0.05) is 21.8 Å². The van der Waals surface area contributed by atoms with Crippen molar-refractivity contribution >= 4 is 0 Å². The lowest BCUT2D eigenvalue weighted by atomic mass is 9.84. The summed E-state index contributed by atoms with van der Waals surface area (Å²) in [7, 11) is 0.